The summed E-state index contributed by atoms with van der Waals surface area (Å²) in [5, 5.41) is 2.51. The van der Waals surface area contributed by atoms with Crippen molar-refractivity contribution in [3.8, 4) is 11.5 Å². The summed E-state index contributed by atoms with van der Waals surface area (Å²) in [7, 11) is 2.85. The second-order valence-electron chi connectivity index (χ2n) is 4.74. The topological polar surface area (TPSA) is 82.8 Å². The Morgan fingerprint density at radius 3 is 2.62 bits per heavy atom. The Bertz CT molecular complexity index is 524. The standard InChI is InChI=1S/C14H19FN2O4/c1-19-12-5-9(15)10(6-13(12)20-2)17-14(18)11-4-3-8(7-16)21-11/h5-6,8,11H,3-4,7,16H2,1-2H3,(H,17,18)/t8-,11+/m1/s1. The highest BCUT2D eigenvalue weighted by atomic mass is 19.1. The first-order chi connectivity index (χ1) is 10.1. The summed E-state index contributed by atoms with van der Waals surface area (Å²) >= 11 is 0. The maximum Gasteiger partial charge on any atom is 0.253 e. The molecule has 0 aromatic heterocycles. The molecule has 1 aliphatic rings. The fraction of sp³-hybridized carbons (Fsp3) is 0.500. The molecule has 1 amide bonds. The predicted octanol–water partition coefficient (Wildman–Crippen LogP) is 1.29. The fourth-order valence-electron chi connectivity index (χ4n) is 2.24. The second kappa shape index (κ2) is 6.73. The summed E-state index contributed by atoms with van der Waals surface area (Å²) < 4.78 is 29.5. The van der Waals surface area contributed by atoms with Crippen LogP contribution in [0.5, 0.6) is 11.5 Å². The van der Waals surface area contributed by atoms with E-state index in [0.29, 0.717) is 18.7 Å². The Kier molecular flexibility index (Phi) is 4.98. The number of nitrogens with two attached hydrogens (primary N) is 1. The Balaban J connectivity index is 2.10. The first kappa shape index (κ1) is 15.5. The Labute approximate surface area is 122 Å². The highest BCUT2D eigenvalue weighted by Crippen LogP contribution is 2.32. The largest absolute Gasteiger partial charge is 0.493 e. The van der Waals surface area contributed by atoms with Gasteiger partial charge in [0, 0.05) is 18.7 Å². The molecule has 0 spiro atoms. The highest BCUT2D eigenvalue weighted by Gasteiger charge is 2.30. The predicted molar refractivity (Wildman–Crippen MR) is 75.1 cm³/mol. The Hall–Kier alpha value is -1.86. The van der Waals surface area contributed by atoms with Crippen molar-refractivity contribution in [3.63, 3.8) is 0 Å². The fourth-order valence-corrected chi connectivity index (χ4v) is 2.24. The maximum absolute atomic E-state index is 13.9. The lowest BCUT2D eigenvalue weighted by atomic mass is 10.2. The zero-order valence-electron chi connectivity index (χ0n) is 12.0. The summed E-state index contributed by atoms with van der Waals surface area (Å²) in [5.74, 6) is -0.402. The molecule has 3 N–H and O–H groups in total. The molecule has 0 saturated carbocycles. The van der Waals surface area contributed by atoms with E-state index < -0.39 is 17.8 Å². The third kappa shape index (κ3) is 3.43. The van der Waals surface area contributed by atoms with E-state index in [0.717, 1.165) is 12.5 Å². The molecule has 116 valence electrons. The van der Waals surface area contributed by atoms with Crippen LogP contribution in [0.3, 0.4) is 0 Å². The quantitative estimate of drug-likeness (QED) is 0.856. The van der Waals surface area contributed by atoms with Crippen molar-refractivity contribution in [1.82, 2.24) is 0 Å². The molecular weight excluding hydrogens is 279 g/mol. The van der Waals surface area contributed by atoms with Crippen LogP contribution in [-0.2, 0) is 9.53 Å². The molecule has 0 unspecified atom stereocenters. The summed E-state index contributed by atoms with van der Waals surface area (Å²) in [4.78, 5) is 12.1. The van der Waals surface area contributed by atoms with Gasteiger partial charge in [-0.05, 0) is 12.8 Å². The summed E-state index contributed by atoms with van der Waals surface area (Å²) in [5.41, 5.74) is 5.52. The molecular formula is C14H19FN2O4. The monoisotopic (exact) mass is 298 g/mol. The molecule has 1 aromatic carbocycles. The molecule has 0 bridgehead atoms. The van der Waals surface area contributed by atoms with Gasteiger partial charge in [-0.3, -0.25) is 4.79 Å². The zero-order valence-corrected chi connectivity index (χ0v) is 12.0. The Morgan fingerprint density at radius 1 is 1.38 bits per heavy atom. The van der Waals surface area contributed by atoms with Gasteiger partial charge in [0.05, 0.1) is 26.0 Å². The minimum absolute atomic E-state index is 0.0254. The number of halogens is 1. The number of rotatable bonds is 5. The zero-order chi connectivity index (χ0) is 15.4. The van der Waals surface area contributed by atoms with Gasteiger partial charge in [-0.15, -0.1) is 0 Å². The van der Waals surface area contributed by atoms with Gasteiger partial charge in [-0.1, -0.05) is 0 Å². The lowest BCUT2D eigenvalue weighted by molar-refractivity contribution is -0.126. The molecule has 0 aliphatic carbocycles. The SMILES string of the molecule is COc1cc(F)c(NC(=O)[C@@H]2CC[C@H](CN)O2)cc1OC. The molecule has 1 heterocycles. The van der Waals surface area contributed by atoms with E-state index >= 15 is 0 Å². The number of carbonyl (C=O) groups excluding carboxylic acids is 1. The number of anilines is 1. The molecule has 1 saturated heterocycles. The normalized spacial score (nSPS) is 21.1. The van der Waals surface area contributed by atoms with Crippen LogP contribution in [0.15, 0.2) is 12.1 Å². The van der Waals surface area contributed by atoms with E-state index in [1.54, 1.807) is 0 Å². The molecule has 21 heavy (non-hydrogen) atoms. The Morgan fingerprint density at radius 2 is 2.05 bits per heavy atom. The van der Waals surface area contributed by atoms with Gasteiger partial charge in [0.1, 0.15) is 6.10 Å². The van der Waals surface area contributed by atoms with Gasteiger partial charge in [-0.25, -0.2) is 4.39 Å². The van der Waals surface area contributed by atoms with Crippen LogP contribution < -0.4 is 20.5 Å². The van der Waals surface area contributed by atoms with E-state index in [9.17, 15) is 9.18 Å². The van der Waals surface area contributed by atoms with Crippen molar-refractivity contribution in [1.29, 1.82) is 0 Å². The van der Waals surface area contributed by atoms with E-state index in [1.165, 1.54) is 20.3 Å². The van der Waals surface area contributed by atoms with Crippen LogP contribution in [-0.4, -0.2) is 38.9 Å². The first-order valence-electron chi connectivity index (χ1n) is 6.67. The highest BCUT2D eigenvalue weighted by molar-refractivity contribution is 5.94. The molecule has 6 nitrogen and oxygen atoms in total. The first-order valence-corrected chi connectivity index (χ1v) is 6.67. The summed E-state index contributed by atoms with van der Waals surface area (Å²) in [6, 6.07) is 2.54. The average Bonchev–Trinajstić information content (AvgIpc) is 2.97. The molecule has 1 aliphatic heterocycles. The smallest absolute Gasteiger partial charge is 0.253 e. The summed E-state index contributed by atoms with van der Waals surface area (Å²) in [6.07, 6.45) is 0.577. The van der Waals surface area contributed by atoms with Crippen molar-refractivity contribution in [2.45, 2.75) is 25.0 Å². The van der Waals surface area contributed by atoms with Crippen molar-refractivity contribution in [2.24, 2.45) is 5.73 Å². The number of nitrogens with one attached hydrogen (secondary N) is 1. The number of hydrogen-bond donors (Lipinski definition) is 2. The maximum atomic E-state index is 13.9. The van der Waals surface area contributed by atoms with E-state index in [4.69, 9.17) is 19.9 Å². The lowest BCUT2D eigenvalue weighted by Crippen LogP contribution is -2.30. The van der Waals surface area contributed by atoms with Crippen LogP contribution >= 0.6 is 0 Å². The van der Waals surface area contributed by atoms with Crippen molar-refractivity contribution in [3.05, 3.63) is 17.9 Å². The molecule has 2 atom stereocenters. The number of benzene rings is 1. The van der Waals surface area contributed by atoms with E-state index in [1.807, 2.05) is 0 Å². The van der Waals surface area contributed by atoms with Gasteiger partial charge in [0.2, 0.25) is 0 Å². The van der Waals surface area contributed by atoms with Crippen LogP contribution in [0.2, 0.25) is 0 Å². The van der Waals surface area contributed by atoms with Crippen molar-refractivity contribution < 1.29 is 23.4 Å². The number of amides is 1. The number of hydrogen-bond acceptors (Lipinski definition) is 5. The van der Waals surface area contributed by atoms with Gasteiger partial charge in [0.25, 0.3) is 5.91 Å². The van der Waals surface area contributed by atoms with Gasteiger partial charge >= 0.3 is 0 Å². The van der Waals surface area contributed by atoms with Crippen molar-refractivity contribution >= 4 is 11.6 Å². The number of methoxy groups -OCH3 is 2. The molecule has 0 radical (unpaired) electrons. The van der Waals surface area contributed by atoms with Crippen LogP contribution in [0, 0.1) is 5.82 Å². The summed E-state index contributed by atoms with van der Waals surface area (Å²) in [6.45, 7) is 0.370. The minimum Gasteiger partial charge on any atom is -0.493 e. The third-order valence-corrected chi connectivity index (χ3v) is 3.39. The molecule has 1 aromatic rings. The van der Waals surface area contributed by atoms with Gasteiger partial charge in [0.15, 0.2) is 17.3 Å². The minimum atomic E-state index is -0.606. The third-order valence-electron chi connectivity index (χ3n) is 3.39. The number of ether oxygens (including phenoxy) is 3. The van der Waals surface area contributed by atoms with Crippen molar-refractivity contribution in [2.75, 3.05) is 26.1 Å². The van der Waals surface area contributed by atoms with Gasteiger partial charge < -0.3 is 25.3 Å². The van der Waals surface area contributed by atoms with E-state index in [-0.39, 0.29) is 17.5 Å². The van der Waals surface area contributed by atoms with Crippen LogP contribution in [0.25, 0.3) is 0 Å². The van der Waals surface area contributed by atoms with Crippen LogP contribution in [0.4, 0.5) is 10.1 Å². The second-order valence-corrected chi connectivity index (χ2v) is 4.74. The molecule has 2 rings (SSSR count). The molecule has 1 fully saturated rings. The van der Waals surface area contributed by atoms with Crippen LogP contribution in [0.1, 0.15) is 12.8 Å². The van der Waals surface area contributed by atoms with Gasteiger partial charge in [-0.2, -0.15) is 0 Å². The average molecular weight is 298 g/mol. The molecule has 7 heteroatoms. The van der Waals surface area contributed by atoms with E-state index in [2.05, 4.69) is 5.32 Å². The number of carbonyl (C=O) groups is 1. The lowest BCUT2D eigenvalue weighted by Gasteiger charge is -2.15.